The third-order valence-corrected chi connectivity index (χ3v) is 5.80. The van der Waals surface area contributed by atoms with Gasteiger partial charge in [0, 0.05) is 22.8 Å². The van der Waals surface area contributed by atoms with Crippen LogP contribution in [0.4, 0.5) is 5.69 Å². The van der Waals surface area contributed by atoms with Gasteiger partial charge in [0.1, 0.15) is 0 Å². The number of halogens is 1. The molecular weight excluding hydrogens is 370 g/mol. The molecule has 1 aromatic rings. The lowest BCUT2D eigenvalue weighted by Crippen LogP contribution is -2.11. The summed E-state index contributed by atoms with van der Waals surface area (Å²) in [5.41, 5.74) is 0.585. The number of benzene rings is 1. The van der Waals surface area contributed by atoms with E-state index in [2.05, 4.69) is 12.2 Å². The van der Waals surface area contributed by atoms with Crippen LogP contribution in [0.15, 0.2) is 29.2 Å². The average molecular weight is 402 g/mol. The SMILES string of the molecule is CCCCCCCCCCCCCC(=O)Nc1ccc(S(=O)(=O)Cl)cc1. The van der Waals surface area contributed by atoms with E-state index in [4.69, 9.17) is 10.7 Å². The smallest absolute Gasteiger partial charge is 0.261 e. The first-order valence-electron chi connectivity index (χ1n) is 9.78. The third-order valence-electron chi connectivity index (χ3n) is 4.43. The van der Waals surface area contributed by atoms with Crippen molar-refractivity contribution in [2.24, 2.45) is 0 Å². The molecule has 0 heterocycles. The molecule has 0 fully saturated rings. The van der Waals surface area contributed by atoms with E-state index in [1.165, 1.54) is 69.9 Å². The van der Waals surface area contributed by atoms with Crippen LogP contribution in [0, 0.1) is 0 Å². The van der Waals surface area contributed by atoms with Crippen LogP contribution in [0.25, 0.3) is 0 Å². The van der Waals surface area contributed by atoms with Gasteiger partial charge in [0.2, 0.25) is 5.91 Å². The normalized spacial score (nSPS) is 11.5. The number of rotatable bonds is 14. The largest absolute Gasteiger partial charge is 0.326 e. The monoisotopic (exact) mass is 401 g/mol. The van der Waals surface area contributed by atoms with Crippen molar-refractivity contribution in [3.8, 4) is 0 Å². The van der Waals surface area contributed by atoms with Gasteiger partial charge in [-0.15, -0.1) is 0 Å². The van der Waals surface area contributed by atoms with E-state index >= 15 is 0 Å². The summed E-state index contributed by atoms with van der Waals surface area (Å²) in [6, 6.07) is 5.88. The molecule has 0 radical (unpaired) electrons. The Hall–Kier alpha value is -1.07. The van der Waals surface area contributed by atoms with E-state index in [9.17, 15) is 13.2 Å². The topological polar surface area (TPSA) is 63.2 Å². The van der Waals surface area contributed by atoms with Crippen LogP contribution in [0.3, 0.4) is 0 Å². The predicted octanol–water partition coefficient (Wildman–Crippen LogP) is 6.25. The molecule has 26 heavy (non-hydrogen) atoms. The molecule has 6 heteroatoms. The van der Waals surface area contributed by atoms with E-state index < -0.39 is 9.05 Å². The van der Waals surface area contributed by atoms with Crippen molar-refractivity contribution in [2.75, 3.05) is 5.32 Å². The van der Waals surface area contributed by atoms with Gasteiger partial charge in [-0.25, -0.2) is 8.42 Å². The van der Waals surface area contributed by atoms with Gasteiger partial charge in [-0.2, -0.15) is 0 Å². The van der Waals surface area contributed by atoms with Gasteiger partial charge in [-0.05, 0) is 30.7 Å². The Kier molecular flexibility index (Phi) is 11.6. The zero-order valence-electron chi connectivity index (χ0n) is 15.8. The number of unbranched alkanes of at least 4 members (excludes halogenated alkanes) is 10. The number of hydrogen-bond acceptors (Lipinski definition) is 3. The standard InChI is InChI=1S/C20H32ClNO3S/c1-2-3-4-5-6-7-8-9-10-11-12-13-20(23)22-18-14-16-19(17-15-18)26(21,24)25/h14-17H,2-13H2,1H3,(H,22,23). The average Bonchev–Trinajstić information content (AvgIpc) is 2.59. The van der Waals surface area contributed by atoms with Crippen molar-refractivity contribution < 1.29 is 13.2 Å². The highest BCUT2D eigenvalue weighted by Gasteiger charge is 2.09. The van der Waals surface area contributed by atoms with Gasteiger partial charge in [-0.1, -0.05) is 71.1 Å². The fraction of sp³-hybridized carbons (Fsp3) is 0.650. The Morgan fingerprint density at radius 1 is 0.846 bits per heavy atom. The summed E-state index contributed by atoms with van der Waals surface area (Å²) in [7, 11) is 1.54. The maximum absolute atomic E-state index is 11.9. The van der Waals surface area contributed by atoms with E-state index in [-0.39, 0.29) is 10.8 Å². The summed E-state index contributed by atoms with van der Waals surface area (Å²) in [6.07, 6.45) is 14.3. The van der Waals surface area contributed by atoms with Crippen LogP contribution < -0.4 is 5.32 Å². The maximum Gasteiger partial charge on any atom is 0.261 e. The third kappa shape index (κ3) is 10.8. The Morgan fingerprint density at radius 3 is 1.77 bits per heavy atom. The second-order valence-corrected chi connectivity index (χ2v) is 9.36. The number of amides is 1. The summed E-state index contributed by atoms with van der Waals surface area (Å²) in [5.74, 6) is -0.0394. The first kappa shape index (κ1) is 23.0. The summed E-state index contributed by atoms with van der Waals surface area (Å²) in [4.78, 5) is 11.9. The van der Waals surface area contributed by atoms with Crippen molar-refractivity contribution >= 4 is 31.3 Å². The van der Waals surface area contributed by atoms with Crippen LogP contribution in [-0.4, -0.2) is 14.3 Å². The summed E-state index contributed by atoms with van der Waals surface area (Å²) >= 11 is 0. The molecule has 0 saturated heterocycles. The fourth-order valence-electron chi connectivity index (χ4n) is 2.87. The molecule has 0 aliphatic heterocycles. The second kappa shape index (κ2) is 13.2. The van der Waals surface area contributed by atoms with Gasteiger partial charge in [-0.3, -0.25) is 4.79 Å². The molecule has 0 saturated carbocycles. The van der Waals surface area contributed by atoms with E-state index in [1.807, 2.05) is 0 Å². The highest BCUT2D eigenvalue weighted by atomic mass is 35.7. The number of carbonyl (C=O) groups is 1. The molecule has 1 amide bonds. The Balaban J connectivity index is 2.05. The van der Waals surface area contributed by atoms with Crippen molar-refractivity contribution in [3.63, 3.8) is 0 Å². The molecule has 0 spiro atoms. The molecule has 0 aliphatic carbocycles. The number of hydrogen-bond donors (Lipinski definition) is 1. The highest BCUT2D eigenvalue weighted by Crippen LogP contribution is 2.18. The predicted molar refractivity (Wildman–Crippen MR) is 109 cm³/mol. The summed E-state index contributed by atoms with van der Waals surface area (Å²) in [5, 5.41) is 2.78. The zero-order valence-corrected chi connectivity index (χ0v) is 17.4. The molecular formula is C20H32ClNO3S. The highest BCUT2D eigenvalue weighted by molar-refractivity contribution is 8.13. The summed E-state index contributed by atoms with van der Waals surface area (Å²) < 4.78 is 22.3. The van der Waals surface area contributed by atoms with Crippen molar-refractivity contribution in [1.82, 2.24) is 0 Å². The Bertz CT molecular complexity index is 614. The van der Waals surface area contributed by atoms with Crippen LogP contribution in [0.1, 0.15) is 84.0 Å². The Morgan fingerprint density at radius 2 is 1.31 bits per heavy atom. The van der Waals surface area contributed by atoms with Gasteiger partial charge >= 0.3 is 0 Å². The lowest BCUT2D eigenvalue weighted by Gasteiger charge is -2.06. The van der Waals surface area contributed by atoms with Crippen LogP contribution in [0.5, 0.6) is 0 Å². The molecule has 1 rings (SSSR count). The lowest BCUT2D eigenvalue weighted by molar-refractivity contribution is -0.116. The van der Waals surface area contributed by atoms with Gasteiger partial charge in [0.25, 0.3) is 9.05 Å². The molecule has 4 nitrogen and oxygen atoms in total. The molecule has 0 aromatic heterocycles. The number of nitrogens with one attached hydrogen (secondary N) is 1. The molecule has 0 bridgehead atoms. The molecule has 148 valence electrons. The molecule has 0 unspecified atom stereocenters. The molecule has 1 N–H and O–H groups in total. The van der Waals surface area contributed by atoms with E-state index in [1.54, 1.807) is 12.1 Å². The van der Waals surface area contributed by atoms with Gasteiger partial charge in [0.15, 0.2) is 0 Å². The first-order valence-corrected chi connectivity index (χ1v) is 12.1. The van der Waals surface area contributed by atoms with E-state index in [0.717, 1.165) is 12.8 Å². The second-order valence-electron chi connectivity index (χ2n) is 6.80. The molecule has 1 aromatic carbocycles. The molecule has 0 atom stereocenters. The van der Waals surface area contributed by atoms with Gasteiger partial charge < -0.3 is 5.32 Å². The minimum atomic E-state index is -3.72. The zero-order chi connectivity index (χ0) is 19.3. The minimum absolute atomic E-state index is 0.0301. The van der Waals surface area contributed by atoms with E-state index in [0.29, 0.717) is 12.1 Å². The maximum atomic E-state index is 11.9. The molecule has 0 aliphatic rings. The minimum Gasteiger partial charge on any atom is -0.326 e. The van der Waals surface area contributed by atoms with Crippen LogP contribution >= 0.6 is 10.7 Å². The Labute approximate surface area is 163 Å². The van der Waals surface area contributed by atoms with Crippen molar-refractivity contribution in [2.45, 2.75) is 88.9 Å². The fourth-order valence-corrected chi connectivity index (χ4v) is 3.64. The van der Waals surface area contributed by atoms with Crippen molar-refractivity contribution in [3.05, 3.63) is 24.3 Å². The summed E-state index contributed by atoms with van der Waals surface area (Å²) in [6.45, 7) is 2.24. The number of carbonyl (C=O) groups excluding carboxylic acids is 1. The first-order chi connectivity index (χ1) is 12.4. The van der Waals surface area contributed by atoms with Crippen molar-refractivity contribution in [1.29, 1.82) is 0 Å². The van der Waals surface area contributed by atoms with Gasteiger partial charge in [0.05, 0.1) is 4.90 Å². The number of anilines is 1. The lowest BCUT2D eigenvalue weighted by atomic mass is 10.1. The quantitative estimate of drug-likeness (QED) is 0.296. The van der Waals surface area contributed by atoms with Crippen LogP contribution in [0.2, 0.25) is 0 Å². The van der Waals surface area contributed by atoms with Crippen LogP contribution in [-0.2, 0) is 13.8 Å².